The number of carbonyl (C=O) groups excluding carboxylic acids is 1. The third kappa shape index (κ3) is 2.57. The van der Waals surface area contributed by atoms with Gasteiger partial charge in [0.1, 0.15) is 5.75 Å². The van der Waals surface area contributed by atoms with E-state index in [4.69, 9.17) is 4.74 Å². The molecule has 130 valence electrons. The van der Waals surface area contributed by atoms with Crippen LogP contribution in [0.1, 0.15) is 25.0 Å². The third-order valence-corrected chi connectivity index (χ3v) is 4.79. The van der Waals surface area contributed by atoms with Crippen LogP contribution < -0.4 is 9.64 Å². The van der Waals surface area contributed by atoms with Crippen molar-refractivity contribution in [3.63, 3.8) is 0 Å². The van der Waals surface area contributed by atoms with Gasteiger partial charge in [0, 0.05) is 23.1 Å². The number of nitrogens with zero attached hydrogens (tertiary/aromatic N) is 1. The molecule has 0 bridgehead atoms. The summed E-state index contributed by atoms with van der Waals surface area (Å²) in [7, 11) is 0. The van der Waals surface area contributed by atoms with Crippen molar-refractivity contribution in [1.29, 1.82) is 0 Å². The molecule has 26 heavy (non-hydrogen) atoms. The van der Waals surface area contributed by atoms with Gasteiger partial charge in [0.25, 0.3) is 5.91 Å². The Balaban J connectivity index is 1.90. The van der Waals surface area contributed by atoms with Gasteiger partial charge < -0.3 is 9.64 Å². The number of para-hydroxylation sites is 1. The lowest BCUT2D eigenvalue weighted by Gasteiger charge is -2.13. The summed E-state index contributed by atoms with van der Waals surface area (Å²) in [6.45, 7) is 5.28. The standard InChI is InChI=1S/C23H21NO2/c1-3-24-21-12-8-7-10-18(21)20(23(24)25)15-16-13-14-22(26-4-2)19-11-6-5-9-17(16)19/h5-15H,3-4H2,1-2H3/b20-15+. The molecule has 3 heteroatoms. The zero-order valence-electron chi connectivity index (χ0n) is 15.0. The van der Waals surface area contributed by atoms with Gasteiger partial charge in [-0.3, -0.25) is 4.79 Å². The Labute approximate surface area is 153 Å². The van der Waals surface area contributed by atoms with Crippen LogP contribution in [-0.4, -0.2) is 19.1 Å². The molecular formula is C23H21NO2. The largest absolute Gasteiger partial charge is 0.493 e. The van der Waals surface area contributed by atoms with Gasteiger partial charge in [0.2, 0.25) is 0 Å². The fourth-order valence-corrected chi connectivity index (χ4v) is 3.62. The van der Waals surface area contributed by atoms with E-state index in [2.05, 4.69) is 12.1 Å². The first kappa shape index (κ1) is 16.4. The summed E-state index contributed by atoms with van der Waals surface area (Å²) in [5.41, 5.74) is 3.76. The molecule has 1 heterocycles. The second-order valence-electron chi connectivity index (χ2n) is 6.26. The zero-order valence-corrected chi connectivity index (χ0v) is 15.0. The van der Waals surface area contributed by atoms with Crippen molar-refractivity contribution in [3.05, 3.63) is 71.8 Å². The van der Waals surface area contributed by atoms with Gasteiger partial charge in [-0.2, -0.15) is 0 Å². The summed E-state index contributed by atoms with van der Waals surface area (Å²) in [5.74, 6) is 0.935. The average Bonchev–Trinajstić information content (AvgIpc) is 2.95. The third-order valence-electron chi connectivity index (χ3n) is 4.79. The van der Waals surface area contributed by atoms with Crippen molar-refractivity contribution < 1.29 is 9.53 Å². The number of benzene rings is 3. The van der Waals surface area contributed by atoms with Crippen LogP contribution >= 0.6 is 0 Å². The quantitative estimate of drug-likeness (QED) is 0.614. The van der Waals surface area contributed by atoms with E-state index in [1.165, 1.54) is 0 Å². The van der Waals surface area contributed by atoms with E-state index < -0.39 is 0 Å². The van der Waals surface area contributed by atoms with Gasteiger partial charge in [0.05, 0.1) is 12.3 Å². The highest BCUT2D eigenvalue weighted by Crippen LogP contribution is 2.38. The number of likely N-dealkylation sites (N-methyl/N-ethyl adjacent to an activating group) is 1. The maximum atomic E-state index is 12.9. The van der Waals surface area contributed by atoms with Crippen LogP contribution in [0.25, 0.3) is 22.4 Å². The molecule has 1 aliphatic heterocycles. The van der Waals surface area contributed by atoms with E-state index >= 15 is 0 Å². The highest BCUT2D eigenvalue weighted by molar-refractivity contribution is 6.36. The minimum atomic E-state index is 0.0617. The normalized spacial score (nSPS) is 14.9. The molecule has 0 atom stereocenters. The Kier molecular flexibility index (Phi) is 4.21. The highest BCUT2D eigenvalue weighted by Gasteiger charge is 2.30. The van der Waals surface area contributed by atoms with E-state index in [0.717, 1.165) is 38.9 Å². The minimum Gasteiger partial charge on any atom is -0.493 e. The van der Waals surface area contributed by atoms with Gasteiger partial charge in [-0.15, -0.1) is 0 Å². The molecule has 0 unspecified atom stereocenters. The summed E-state index contributed by atoms with van der Waals surface area (Å²) in [6, 6.07) is 20.2. The minimum absolute atomic E-state index is 0.0617. The summed E-state index contributed by atoms with van der Waals surface area (Å²) in [4.78, 5) is 14.8. The maximum Gasteiger partial charge on any atom is 0.258 e. The number of anilines is 1. The van der Waals surface area contributed by atoms with Gasteiger partial charge in [0.15, 0.2) is 0 Å². The molecule has 0 radical (unpaired) electrons. The predicted octanol–water partition coefficient (Wildman–Crippen LogP) is 5.15. The van der Waals surface area contributed by atoms with Gasteiger partial charge >= 0.3 is 0 Å². The molecule has 0 aliphatic carbocycles. The lowest BCUT2D eigenvalue weighted by atomic mass is 9.99. The number of rotatable bonds is 4. The van der Waals surface area contributed by atoms with E-state index in [0.29, 0.717) is 13.2 Å². The lowest BCUT2D eigenvalue weighted by Crippen LogP contribution is -2.25. The number of ether oxygens (including phenoxy) is 1. The Morgan fingerprint density at radius 2 is 1.65 bits per heavy atom. The molecular weight excluding hydrogens is 322 g/mol. The van der Waals surface area contributed by atoms with Crippen LogP contribution in [0.5, 0.6) is 5.75 Å². The van der Waals surface area contributed by atoms with Crippen LogP contribution in [0.3, 0.4) is 0 Å². The second kappa shape index (κ2) is 6.68. The van der Waals surface area contributed by atoms with E-state index in [-0.39, 0.29) is 5.91 Å². The average molecular weight is 343 g/mol. The molecule has 0 saturated carbocycles. The molecule has 0 fully saturated rings. The monoisotopic (exact) mass is 343 g/mol. The van der Waals surface area contributed by atoms with Gasteiger partial charge in [-0.25, -0.2) is 0 Å². The highest BCUT2D eigenvalue weighted by atomic mass is 16.5. The fraction of sp³-hybridized carbons (Fsp3) is 0.174. The summed E-state index contributed by atoms with van der Waals surface area (Å²) in [5, 5.41) is 2.15. The number of carbonyl (C=O) groups is 1. The second-order valence-corrected chi connectivity index (χ2v) is 6.26. The smallest absolute Gasteiger partial charge is 0.258 e. The molecule has 3 aromatic carbocycles. The summed E-state index contributed by atoms with van der Waals surface area (Å²) < 4.78 is 5.76. The van der Waals surface area contributed by atoms with Crippen molar-refractivity contribution in [2.75, 3.05) is 18.1 Å². The van der Waals surface area contributed by atoms with E-state index in [9.17, 15) is 4.79 Å². The molecule has 3 aromatic rings. The topological polar surface area (TPSA) is 29.5 Å². The van der Waals surface area contributed by atoms with Gasteiger partial charge in [-0.1, -0.05) is 48.5 Å². The molecule has 0 aromatic heterocycles. The predicted molar refractivity (Wildman–Crippen MR) is 107 cm³/mol. The van der Waals surface area contributed by atoms with Gasteiger partial charge in [-0.05, 0) is 43.0 Å². The maximum absolute atomic E-state index is 12.9. The Hall–Kier alpha value is -3.07. The van der Waals surface area contributed by atoms with Crippen molar-refractivity contribution >= 4 is 34.0 Å². The molecule has 0 N–H and O–H groups in total. The zero-order chi connectivity index (χ0) is 18.1. The summed E-state index contributed by atoms with van der Waals surface area (Å²) >= 11 is 0. The first-order valence-corrected chi connectivity index (χ1v) is 9.02. The number of hydrogen-bond acceptors (Lipinski definition) is 2. The van der Waals surface area contributed by atoms with Crippen molar-refractivity contribution in [2.24, 2.45) is 0 Å². The van der Waals surface area contributed by atoms with Crippen molar-refractivity contribution in [2.45, 2.75) is 13.8 Å². The molecule has 0 saturated heterocycles. The van der Waals surface area contributed by atoms with Crippen LogP contribution in [0.15, 0.2) is 60.7 Å². The molecule has 1 amide bonds. The van der Waals surface area contributed by atoms with Crippen LogP contribution in [-0.2, 0) is 4.79 Å². The number of hydrogen-bond donors (Lipinski definition) is 0. The SMILES string of the molecule is CCOc1ccc(/C=C2/C(=O)N(CC)c3ccccc32)c2ccccc12. The first-order valence-electron chi connectivity index (χ1n) is 9.02. The summed E-state index contributed by atoms with van der Waals surface area (Å²) in [6.07, 6.45) is 2.01. The Morgan fingerprint density at radius 3 is 2.42 bits per heavy atom. The molecule has 4 rings (SSSR count). The van der Waals surface area contributed by atoms with Crippen molar-refractivity contribution in [3.8, 4) is 5.75 Å². The molecule has 1 aliphatic rings. The van der Waals surface area contributed by atoms with Crippen LogP contribution in [0.2, 0.25) is 0 Å². The Morgan fingerprint density at radius 1 is 0.923 bits per heavy atom. The van der Waals surface area contributed by atoms with Crippen LogP contribution in [0.4, 0.5) is 5.69 Å². The molecule has 0 spiro atoms. The van der Waals surface area contributed by atoms with E-state index in [1.54, 1.807) is 0 Å². The molecule has 3 nitrogen and oxygen atoms in total. The Bertz CT molecular complexity index is 1020. The number of amides is 1. The number of fused-ring (bicyclic) bond motifs is 2. The lowest BCUT2D eigenvalue weighted by molar-refractivity contribution is -0.112. The van der Waals surface area contributed by atoms with Crippen LogP contribution in [0, 0.1) is 0 Å². The first-order chi connectivity index (χ1) is 12.7. The fourth-order valence-electron chi connectivity index (χ4n) is 3.62. The van der Waals surface area contributed by atoms with Crippen molar-refractivity contribution in [1.82, 2.24) is 0 Å². The van der Waals surface area contributed by atoms with E-state index in [1.807, 2.05) is 73.4 Å².